The summed E-state index contributed by atoms with van der Waals surface area (Å²) in [5.74, 6) is 0. The second-order valence-electron chi connectivity index (χ2n) is 5.92. The summed E-state index contributed by atoms with van der Waals surface area (Å²) in [5, 5.41) is 0. The topological polar surface area (TPSA) is 66.6 Å². The van der Waals surface area contributed by atoms with E-state index < -0.39 is 10.2 Å². The molecule has 1 saturated carbocycles. The normalized spacial score (nSPS) is 25.6. The highest BCUT2D eigenvalue weighted by atomic mass is 32.2. The van der Waals surface area contributed by atoms with Crippen molar-refractivity contribution in [1.29, 1.82) is 0 Å². The maximum Gasteiger partial charge on any atom is 0.282 e. The van der Waals surface area contributed by atoms with Gasteiger partial charge in [0.25, 0.3) is 10.2 Å². The molecule has 5 nitrogen and oxygen atoms in total. The first-order valence-electron chi connectivity index (χ1n) is 7.47. The molecule has 2 fully saturated rings. The summed E-state index contributed by atoms with van der Waals surface area (Å²) in [6, 6.07) is 0. The van der Waals surface area contributed by atoms with Crippen LogP contribution in [0.1, 0.15) is 51.4 Å². The molecule has 0 aromatic carbocycles. The van der Waals surface area contributed by atoms with Gasteiger partial charge in [0.2, 0.25) is 0 Å². The Bertz CT molecular complexity index is 383. The highest BCUT2D eigenvalue weighted by Gasteiger charge is 2.44. The molecule has 0 spiro atoms. The Morgan fingerprint density at radius 3 is 2.05 bits per heavy atom. The molecule has 0 bridgehead atoms. The summed E-state index contributed by atoms with van der Waals surface area (Å²) in [7, 11) is -1.63. The molecule has 1 saturated heterocycles. The number of nitrogens with two attached hydrogens (primary N) is 1. The third-order valence-electron chi connectivity index (χ3n) is 4.82. The van der Waals surface area contributed by atoms with Crippen molar-refractivity contribution in [3.8, 4) is 0 Å². The first-order chi connectivity index (χ1) is 9.03. The summed E-state index contributed by atoms with van der Waals surface area (Å²) < 4.78 is 28.8. The average molecular weight is 289 g/mol. The van der Waals surface area contributed by atoms with Gasteiger partial charge in [-0.15, -0.1) is 0 Å². The lowest BCUT2D eigenvalue weighted by atomic mass is 9.98. The van der Waals surface area contributed by atoms with Gasteiger partial charge < -0.3 is 5.73 Å². The molecule has 0 aromatic heterocycles. The Kier molecular flexibility index (Phi) is 4.87. The first-order valence-corrected chi connectivity index (χ1v) is 8.87. The minimum Gasteiger partial charge on any atom is -0.329 e. The molecule has 2 aliphatic rings. The van der Waals surface area contributed by atoms with Gasteiger partial charge in [-0.25, -0.2) is 0 Å². The van der Waals surface area contributed by atoms with Crippen molar-refractivity contribution < 1.29 is 8.42 Å². The molecule has 19 heavy (non-hydrogen) atoms. The van der Waals surface area contributed by atoms with Gasteiger partial charge in [-0.1, -0.05) is 25.7 Å². The fraction of sp³-hybridized carbons (Fsp3) is 1.00. The zero-order valence-electron chi connectivity index (χ0n) is 12.0. The van der Waals surface area contributed by atoms with E-state index >= 15 is 0 Å². The summed E-state index contributed by atoms with van der Waals surface area (Å²) in [6.45, 7) is 1.75. The number of nitrogens with zero attached hydrogens (tertiary/aromatic N) is 2. The predicted molar refractivity (Wildman–Crippen MR) is 77.0 cm³/mol. The Labute approximate surface area is 117 Å². The number of hydrogen-bond donors (Lipinski definition) is 1. The second-order valence-corrected chi connectivity index (χ2v) is 7.88. The largest absolute Gasteiger partial charge is 0.329 e. The van der Waals surface area contributed by atoms with Crippen molar-refractivity contribution in [3.05, 3.63) is 0 Å². The van der Waals surface area contributed by atoms with Crippen molar-refractivity contribution in [2.24, 2.45) is 5.73 Å². The predicted octanol–water partition coefficient (Wildman–Crippen LogP) is 1.31. The van der Waals surface area contributed by atoms with Crippen molar-refractivity contribution in [2.45, 2.75) is 56.9 Å². The molecule has 1 aliphatic heterocycles. The van der Waals surface area contributed by atoms with Gasteiger partial charge in [-0.05, 0) is 25.7 Å². The van der Waals surface area contributed by atoms with Crippen LogP contribution >= 0.6 is 0 Å². The molecule has 2 N–H and O–H groups in total. The van der Waals surface area contributed by atoms with Crippen LogP contribution in [-0.2, 0) is 10.2 Å². The van der Waals surface area contributed by atoms with Gasteiger partial charge >= 0.3 is 0 Å². The van der Waals surface area contributed by atoms with Crippen LogP contribution in [0.4, 0.5) is 0 Å². The standard InChI is InChI=1S/C13H27N3O2S/c1-15(13(12-14)8-4-5-9-13)19(17,18)16-10-6-2-3-7-11-16/h2-12,14H2,1H3. The molecule has 1 heterocycles. The van der Waals surface area contributed by atoms with E-state index in [0.717, 1.165) is 51.4 Å². The quantitative estimate of drug-likeness (QED) is 0.848. The van der Waals surface area contributed by atoms with Gasteiger partial charge in [0, 0.05) is 32.2 Å². The number of rotatable bonds is 4. The van der Waals surface area contributed by atoms with Crippen LogP contribution in [0.5, 0.6) is 0 Å². The van der Waals surface area contributed by atoms with Crippen molar-refractivity contribution in [3.63, 3.8) is 0 Å². The van der Waals surface area contributed by atoms with Gasteiger partial charge in [0.1, 0.15) is 0 Å². The molecule has 0 atom stereocenters. The highest BCUT2D eigenvalue weighted by Crippen LogP contribution is 2.36. The van der Waals surface area contributed by atoms with Crippen LogP contribution in [0.2, 0.25) is 0 Å². The molecular formula is C13H27N3O2S. The molecule has 0 radical (unpaired) electrons. The van der Waals surface area contributed by atoms with E-state index in [2.05, 4.69) is 0 Å². The molecule has 0 aromatic rings. The van der Waals surface area contributed by atoms with E-state index in [-0.39, 0.29) is 5.54 Å². The number of likely N-dealkylation sites (N-methyl/N-ethyl adjacent to an activating group) is 1. The van der Waals surface area contributed by atoms with Gasteiger partial charge in [-0.3, -0.25) is 0 Å². The lowest BCUT2D eigenvalue weighted by molar-refractivity contribution is 0.213. The fourth-order valence-electron chi connectivity index (χ4n) is 3.37. The van der Waals surface area contributed by atoms with E-state index in [0.29, 0.717) is 19.6 Å². The van der Waals surface area contributed by atoms with E-state index in [4.69, 9.17) is 5.73 Å². The van der Waals surface area contributed by atoms with Gasteiger partial charge in [-0.2, -0.15) is 17.0 Å². The minimum absolute atomic E-state index is 0.342. The van der Waals surface area contributed by atoms with E-state index in [1.807, 2.05) is 0 Å². The van der Waals surface area contributed by atoms with Crippen molar-refractivity contribution in [2.75, 3.05) is 26.7 Å². The summed E-state index contributed by atoms with van der Waals surface area (Å²) in [6.07, 6.45) is 8.18. The van der Waals surface area contributed by atoms with Crippen molar-refractivity contribution in [1.82, 2.24) is 8.61 Å². The van der Waals surface area contributed by atoms with Crippen LogP contribution in [-0.4, -0.2) is 49.2 Å². The van der Waals surface area contributed by atoms with Crippen molar-refractivity contribution >= 4 is 10.2 Å². The monoisotopic (exact) mass is 289 g/mol. The Morgan fingerprint density at radius 2 is 1.58 bits per heavy atom. The van der Waals surface area contributed by atoms with E-state index in [1.165, 1.54) is 0 Å². The molecular weight excluding hydrogens is 262 g/mol. The third kappa shape index (κ3) is 2.96. The van der Waals surface area contributed by atoms with Gasteiger partial charge in [0.05, 0.1) is 0 Å². The molecule has 0 unspecified atom stereocenters. The Balaban J connectivity index is 2.17. The summed E-state index contributed by atoms with van der Waals surface area (Å²) in [4.78, 5) is 0. The summed E-state index contributed by atoms with van der Waals surface area (Å²) in [5.41, 5.74) is 5.56. The SMILES string of the molecule is CN(C1(CN)CCCC1)S(=O)(=O)N1CCCCCC1. The summed E-state index contributed by atoms with van der Waals surface area (Å²) >= 11 is 0. The lowest BCUT2D eigenvalue weighted by Gasteiger charge is -2.39. The molecule has 0 amide bonds. The third-order valence-corrected chi connectivity index (χ3v) is 6.92. The second kappa shape index (κ2) is 6.08. The fourth-order valence-corrected chi connectivity index (χ4v) is 5.18. The molecule has 6 heteroatoms. The molecule has 2 rings (SSSR count). The van der Waals surface area contributed by atoms with Gasteiger partial charge in [0.15, 0.2) is 0 Å². The van der Waals surface area contributed by atoms with Crippen LogP contribution < -0.4 is 5.73 Å². The van der Waals surface area contributed by atoms with Crippen LogP contribution in [0.3, 0.4) is 0 Å². The lowest BCUT2D eigenvalue weighted by Crippen LogP contribution is -2.56. The zero-order chi connectivity index (χ0) is 13.9. The Hall–Kier alpha value is -0.170. The average Bonchev–Trinajstić information content (AvgIpc) is 2.72. The highest BCUT2D eigenvalue weighted by molar-refractivity contribution is 7.86. The number of hydrogen-bond acceptors (Lipinski definition) is 3. The maximum atomic E-state index is 12.8. The van der Waals surface area contributed by atoms with Crippen LogP contribution in [0.25, 0.3) is 0 Å². The minimum atomic E-state index is -3.35. The molecule has 112 valence electrons. The first kappa shape index (κ1) is 15.2. The van der Waals surface area contributed by atoms with E-state index in [9.17, 15) is 8.42 Å². The smallest absolute Gasteiger partial charge is 0.282 e. The Morgan fingerprint density at radius 1 is 1.05 bits per heavy atom. The molecule has 1 aliphatic carbocycles. The van der Waals surface area contributed by atoms with Crippen LogP contribution in [0, 0.1) is 0 Å². The maximum absolute atomic E-state index is 12.8. The van der Waals surface area contributed by atoms with Crippen LogP contribution in [0.15, 0.2) is 0 Å². The van der Waals surface area contributed by atoms with E-state index in [1.54, 1.807) is 15.7 Å². The zero-order valence-corrected chi connectivity index (χ0v) is 12.8.